The Bertz CT molecular complexity index is 263. The predicted molar refractivity (Wildman–Crippen MR) is 52.8 cm³/mol. The molecule has 0 aromatic heterocycles. The highest BCUT2D eigenvalue weighted by Crippen LogP contribution is 2.18. The van der Waals surface area contributed by atoms with Gasteiger partial charge in [0.15, 0.2) is 0 Å². The lowest BCUT2D eigenvalue weighted by molar-refractivity contribution is 0.253. The Labute approximate surface area is 80.1 Å². The molecule has 13 heavy (non-hydrogen) atoms. The van der Waals surface area contributed by atoms with Gasteiger partial charge in [0.1, 0.15) is 0 Å². The topological polar surface area (TPSA) is 63.4 Å². The van der Waals surface area contributed by atoms with Crippen molar-refractivity contribution in [1.29, 1.82) is 0 Å². The van der Waals surface area contributed by atoms with Gasteiger partial charge in [-0.1, -0.05) is 6.92 Å². The van der Waals surface area contributed by atoms with Crippen LogP contribution in [0.4, 0.5) is 0 Å². The van der Waals surface area contributed by atoms with E-state index in [4.69, 9.17) is 5.73 Å². The summed E-state index contributed by atoms with van der Waals surface area (Å²) < 4.78 is 24.5. The second-order valence-electron chi connectivity index (χ2n) is 3.69. The van der Waals surface area contributed by atoms with Crippen LogP contribution in [0.5, 0.6) is 0 Å². The van der Waals surface area contributed by atoms with Gasteiger partial charge in [-0.2, -0.15) is 0 Å². The first-order valence-corrected chi connectivity index (χ1v) is 6.31. The Morgan fingerprint density at radius 1 is 1.54 bits per heavy atom. The minimum Gasteiger partial charge on any atom is -0.326 e. The lowest BCUT2D eigenvalue weighted by atomic mass is 9.96. The Balaban J connectivity index is 2.66. The molecule has 1 heterocycles. The molecule has 0 aromatic rings. The van der Waals surface area contributed by atoms with Crippen molar-refractivity contribution in [1.82, 2.24) is 4.31 Å². The zero-order valence-electron chi connectivity index (χ0n) is 8.23. The maximum absolute atomic E-state index is 11.5. The second-order valence-corrected chi connectivity index (χ2v) is 5.95. The molecule has 0 unspecified atom stereocenters. The van der Waals surface area contributed by atoms with Gasteiger partial charge in [-0.3, -0.25) is 0 Å². The summed E-state index contributed by atoms with van der Waals surface area (Å²) in [6.07, 6.45) is 0.875. The third kappa shape index (κ3) is 2.42. The van der Waals surface area contributed by atoms with Gasteiger partial charge < -0.3 is 5.73 Å². The van der Waals surface area contributed by atoms with Gasteiger partial charge in [0.2, 0.25) is 10.0 Å². The van der Waals surface area contributed by atoms with Crippen LogP contribution in [0, 0.1) is 5.92 Å². The molecule has 0 aromatic carbocycles. The molecule has 5 heteroatoms. The molecule has 4 nitrogen and oxygen atoms in total. The molecule has 0 aliphatic carbocycles. The van der Waals surface area contributed by atoms with Crippen LogP contribution in [0.1, 0.15) is 20.3 Å². The van der Waals surface area contributed by atoms with Crippen molar-refractivity contribution >= 4 is 10.0 Å². The summed E-state index contributed by atoms with van der Waals surface area (Å²) in [5, 5.41) is 0. The standard InChI is InChI=1S/C8H18N2O2S/c1-3-13(11,12)10-5-4-7(2)8(9)6-10/h7-8H,3-6,9H2,1-2H3/t7-,8+/m0/s1. The highest BCUT2D eigenvalue weighted by atomic mass is 32.2. The lowest BCUT2D eigenvalue weighted by Crippen LogP contribution is -2.50. The molecular formula is C8H18N2O2S. The van der Waals surface area contributed by atoms with E-state index in [1.807, 2.05) is 0 Å². The fourth-order valence-corrected chi connectivity index (χ4v) is 2.65. The molecule has 2 atom stereocenters. The maximum atomic E-state index is 11.5. The monoisotopic (exact) mass is 206 g/mol. The number of hydrogen-bond donors (Lipinski definition) is 1. The molecular weight excluding hydrogens is 188 g/mol. The summed E-state index contributed by atoms with van der Waals surface area (Å²) in [4.78, 5) is 0. The van der Waals surface area contributed by atoms with E-state index in [2.05, 4.69) is 6.92 Å². The molecule has 1 saturated heterocycles. The molecule has 1 aliphatic rings. The van der Waals surface area contributed by atoms with Crippen molar-refractivity contribution < 1.29 is 8.42 Å². The van der Waals surface area contributed by atoms with Crippen molar-refractivity contribution in [3.63, 3.8) is 0 Å². The fourth-order valence-electron chi connectivity index (χ4n) is 1.50. The van der Waals surface area contributed by atoms with Crippen molar-refractivity contribution in [3.05, 3.63) is 0 Å². The van der Waals surface area contributed by atoms with E-state index in [0.717, 1.165) is 6.42 Å². The van der Waals surface area contributed by atoms with Gasteiger partial charge in [0.25, 0.3) is 0 Å². The third-order valence-electron chi connectivity index (χ3n) is 2.74. The lowest BCUT2D eigenvalue weighted by Gasteiger charge is -2.33. The summed E-state index contributed by atoms with van der Waals surface area (Å²) in [7, 11) is -3.02. The van der Waals surface area contributed by atoms with E-state index in [1.54, 1.807) is 6.92 Å². The third-order valence-corrected chi connectivity index (χ3v) is 4.59. The molecule has 0 radical (unpaired) electrons. The normalized spacial score (nSPS) is 31.9. The van der Waals surface area contributed by atoms with E-state index >= 15 is 0 Å². The van der Waals surface area contributed by atoms with Crippen molar-refractivity contribution in [2.45, 2.75) is 26.3 Å². The van der Waals surface area contributed by atoms with E-state index < -0.39 is 10.0 Å². The van der Waals surface area contributed by atoms with E-state index in [0.29, 0.717) is 19.0 Å². The molecule has 0 bridgehead atoms. The molecule has 0 spiro atoms. The number of nitrogens with zero attached hydrogens (tertiary/aromatic N) is 1. The van der Waals surface area contributed by atoms with Gasteiger partial charge in [-0.25, -0.2) is 12.7 Å². The van der Waals surface area contributed by atoms with Crippen LogP contribution < -0.4 is 5.73 Å². The average Bonchev–Trinajstić information content (AvgIpc) is 2.09. The largest absolute Gasteiger partial charge is 0.326 e. The summed E-state index contributed by atoms with van der Waals surface area (Å²) in [6.45, 7) is 4.85. The first-order valence-electron chi connectivity index (χ1n) is 4.70. The number of nitrogens with two attached hydrogens (primary N) is 1. The number of piperidine rings is 1. The van der Waals surface area contributed by atoms with Crippen molar-refractivity contribution in [3.8, 4) is 0 Å². The molecule has 0 amide bonds. The van der Waals surface area contributed by atoms with Crippen LogP contribution in [0.25, 0.3) is 0 Å². The molecule has 1 fully saturated rings. The summed E-state index contributed by atoms with van der Waals surface area (Å²) >= 11 is 0. The van der Waals surface area contributed by atoms with Crippen molar-refractivity contribution in [2.24, 2.45) is 11.7 Å². The number of rotatable bonds is 2. The van der Waals surface area contributed by atoms with Gasteiger partial charge in [-0.15, -0.1) is 0 Å². The smallest absolute Gasteiger partial charge is 0.213 e. The quantitative estimate of drug-likeness (QED) is 0.692. The predicted octanol–water partition coefficient (Wildman–Crippen LogP) is 0.00520. The number of hydrogen-bond acceptors (Lipinski definition) is 3. The first-order chi connectivity index (χ1) is 5.97. The van der Waals surface area contributed by atoms with Gasteiger partial charge in [0.05, 0.1) is 5.75 Å². The Morgan fingerprint density at radius 3 is 2.62 bits per heavy atom. The molecule has 1 rings (SSSR count). The van der Waals surface area contributed by atoms with Crippen LogP contribution in [0.15, 0.2) is 0 Å². The highest BCUT2D eigenvalue weighted by Gasteiger charge is 2.29. The minimum atomic E-state index is -3.02. The average molecular weight is 206 g/mol. The molecule has 2 N–H and O–H groups in total. The first kappa shape index (κ1) is 10.9. The molecule has 0 saturated carbocycles. The zero-order chi connectivity index (χ0) is 10.1. The van der Waals surface area contributed by atoms with E-state index in [1.165, 1.54) is 4.31 Å². The van der Waals surface area contributed by atoms with Crippen LogP contribution in [0.2, 0.25) is 0 Å². The van der Waals surface area contributed by atoms with Gasteiger partial charge >= 0.3 is 0 Å². The van der Waals surface area contributed by atoms with Crippen LogP contribution in [0.3, 0.4) is 0 Å². The van der Waals surface area contributed by atoms with Crippen LogP contribution in [-0.2, 0) is 10.0 Å². The minimum absolute atomic E-state index is 0.00456. The van der Waals surface area contributed by atoms with E-state index in [9.17, 15) is 8.42 Å². The van der Waals surface area contributed by atoms with E-state index in [-0.39, 0.29) is 11.8 Å². The molecule has 1 aliphatic heterocycles. The van der Waals surface area contributed by atoms with Crippen molar-refractivity contribution in [2.75, 3.05) is 18.8 Å². The SMILES string of the molecule is CCS(=O)(=O)N1CC[C@H](C)[C@H](N)C1. The van der Waals surface area contributed by atoms with Crippen LogP contribution in [-0.4, -0.2) is 37.6 Å². The Morgan fingerprint density at radius 2 is 2.15 bits per heavy atom. The molecule has 78 valence electrons. The summed E-state index contributed by atoms with van der Waals surface area (Å²) in [5.74, 6) is 0.608. The maximum Gasteiger partial charge on any atom is 0.213 e. The number of sulfonamides is 1. The van der Waals surface area contributed by atoms with Gasteiger partial charge in [-0.05, 0) is 19.3 Å². The fraction of sp³-hybridized carbons (Fsp3) is 1.00. The van der Waals surface area contributed by atoms with Gasteiger partial charge in [0, 0.05) is 19.1 Å². The zero-order valence-corrected chi connectivity index (χ0v) is 9.05. The summed E-state index contributed by atoms with van der Waals surface area (Å²) in [6, 6.07) is -0.00456. The Hall–Kier alpha value is -0.130. The summed E-state index contributed by atoms with van der Waals surface area (Å²) in [5.41, 5.74) is 5.81. The highest BCUT2D eigenvalue weighted by molar-refractivity contribution is 7.89. The second kappa shape index (κ2) is 3.94. The Kier molecular flexibility index (Phi) is 3.32. The van der Waals surface area contributed by atoms with Crippen LogP contribution >= 0.6 is 0 Å².